The molecule has 1 atom stereocenters. The highest BCUT2D eigenvalue weighted by molar-refractivity contribution is 5.60. The summed E-state index contributed by atoms with van der Waals surface area (Å²) in [6, 6.07) is 1.73. The fourth-order valence-electron chi connectivity index (χ4n) is 0.786. The third-order valence-corrected chi connectivity index (χ3v) is 1.77. The van der Waals surface area contributed by atoms with E-state index in [1.54, 1.807) is 12.3 Å². The second-order valence-electron chi connectivity index (χ2n) is 2.94. The molecule has 0 saturated heterocycles. The number of ether oxygens (including phenoxy) is 2. The van der Waals surface area contributed by atoms with E-state index in [-0.39, 0.29) is 12.7 Å². The molecule has 78 valence electrons. The summed E-state index contributed by atoms with van der Waals surface area (Å²) >= 11 is 0. The molecule has 0 fully saturated rings. The zero-order valence-electron chi connectivity index (χ0n) is 8.32. The number of nitrogens with zero attached hydrogens (tertiary/aromatic N) is 1. The fraction of sp³-hybridized carbons (Fsp3) is 0.556. The summed E-state index contributed by atoms with van der Waals surface area (Å²) in [5.41, 5.74) is 0.672. The quantitative estimate of drug-likeness (QED) is 0.750. The molecule has 0 aliphatic rings. The minimum atomic E-state index is -0.651. The normalized spacial score (nSPS) is 12.1. The molecule has 0 aliphatic carbocycles. The molecule has 1 N–H and O–H groups in total. The number of hydrogen-bond donors (Lipinski definition) is 1. The average Bonchev–Trinajstić information content (AvgIpc) is 2.67. The molecular weight excluding hydrogens is 184 g/mol. The Bertz CT molecular complexity index is 272. The second kappa shape index (κ2) is 5.26. The third kappa shape index (κ3) is 3.47. The van der Waals surface area contributed by atoms with Crippen LogP contribution in [-0.2, 0) is 16.1 Å². The van der Waals surface area contributed by atoms with Gasteiger partial charge in [0.1, 0.15) is 12.7 Å². The Morgan fingerprint density at radius 3 is 3.07 bits per heavy atom. The Morgan fingerprint density at radius 1 is 1.71 bits per heavy atom. The lowest BCUT2D eigenvalue weighted by molar-refractivity contribution is 0.0229. The van der Waals surface area contributed by atoms with Gasteiger partial charge >= 0.3 is 6.16 Å². The van der Waals surface area contributed by atoms with Crippen molar-refractivity contribution in [2.24, 2.45) is 0 Å². The fourth-order valence-corrected chi connectivity index (χ4v) is 0.786. The molecular formula is C9H14N2O3. The first-order valence-electron chi connectivity index (χ1n) is 4.54. The van der Waals surface area contributed by atoms with Crippen molar-refractivity contribution in [2.75, 3.05) is 0 Å². The van der Waals surface area contributed by atoms with Gasteiger partial charge in [0.15, 0.2) is 0 Å². The van der Waals surface area contributed by atoms with E-state index in [1.165, 1.54) is 0 Å². The van der Waals surface area contributed by atoms with Crippen molar-refractivity contribution in [3.8, 4) is 0 Å². The predicted molar refractivity (Wildman–Crippen MR) is 49.6 cm³/mol. The highest BCUT2D eigenvalue weighted by Crippen LogP contribution is 2.01. The van der Waals surface area contributed by atoms with Crippen LogP contribution in [-0.4, -0.2) is 22.5 Å². The third-order valence-electron chi connectivity index (χ3n) is 1.77. The molecule has 5 heteroatoms. The molecule has 0 aromatic carbocycles. The molecule has 14 heavy (non-hydrogen) atoms. The van der Waals surface area contributed by atoms with Gasteiger partial charge < -0.3 is 9.47 Å². The van der Waals surface area contributed by atoms with E-state index in [4.69, 9.17) is 9.47 Å². The Labute approximate surface area is 82.4 Å². The highest BCUT2D eigenvalue weighted by Gasteiger charge is 2.09. The van der Waals surface area contributed by atoms with Crippen molar-refractivity contribution in [1.82, 2.24) is 10.2 Å². The molecule has 1 heterocycles. The molecule has 0 aliphatic heterocycles. The Kier molecular flexibility index (Phi) is 3.97. The summed E-state index contributed by atoms with van der Waals surface area (Å²) in [4.78, 5) is 11.0. The van der Waals surface area contributed by atoms with Crippen LogP contribution in [0.1, 0.15) is 26.0 Å². The van der Waals surface area contributed by atoms with Gasteiger partial charge in [-0.15, -0.1) is 0 Å². The van der Waals surface area contributed by atoms with Gasteiger partial charge in [0.05, 0.1) is 5.69 Å². The number of aromatic amines is 1. The van der Waals surface area contributed by atoms with Crippen molar-refractivity contribution in [3.05, 3.63) is 18.0 Å². The van der Waals surface area contributed by atoms with Crippen molar-refractivity contribution in [2.45, 2.75) is 33.0 Å². The van der Waals surface area contributed by atoms with Crippen LogP contribution in [0.15, 0.2) is 12.3 Å². The van der Waals surface area contributed by atoms with Gasteiger partial charge in [-0.3, -0.25) is 5.10 Å². The first-order chi connectivity index (χ1) is 6.72. The topological polar surface area (TPSA) is 64.2 Å². The Hall–Kier alpha value is -1.52. The maximum Gasteiger partial charge on any atom is 0.508 e. The van der Waals surface area contributed by atoms with Crippen molar-refractivity contribution in [1.29, 1.82) is 0 Å². The maximum atomic E-state index is 11.0. The number of nitrogens with one attached hydrogen (secondary N) is 1. The standard InChI is InChI=1S/C9H14N2O3/c1-3-7(2)14-9(12)13-6-8-4-5-10-11-8/h4-5,7H,3,6H2,1-2H3,(H,10,11). The van der Waals surface area contributed by atoms with E-state index in [2.05, 4.69) is 10.2 Å². The van der Waals surface area contributed by atoms with Crippen LogP contribution in [0.2, 0.25) is 0 Å². The minimum Gasteiger partial charge on any atom is -0.431 e. The lowest BCUT2D eigenvalue weighted by atomic mass is 10.3. The lowest BCUT2D eigenvalue weighted by Crippen LogP contribution is -2.15. The van der Waals surface area contributed by atoms with E-state index in [9.17, 15) is 4.79 Å². The van der Waals surface area contributed by atoms with Gasteiger partial charge in [-0.25, -0.2) is 4.79 Å². The first-order valence-corrected chi connectivity index (χ1v) is 4.54. The van der Waals surface area contributed by atoms with Crippen LogP contribution in [0.3, 0.4) is 0 Å². The SMILES string of the molecule is CCC(C)OC(=O)OCc1cc[nH]n1. The number of rotatable bonds is 4. The van der Waals surface area contributed by atoms with Crippen molar-refractivity contribution >= 4 is 6.16 Å². The van der Waals surface area contributed by atoms with Crippen LogP contribution < -0.4 is 0 Å². The van der Waals surface area contributed by atoms with Gasteiger partial charge in [0, 0.05) is 6.20 Å². The molecule has 0 amide bonds. The molecule has 1 aromatic rings. The molecule has 0 radical (unpaired) electrons. The van der Waals surface area contributed by atoms with E-state index in [0.29, 0.717) is 5.69 Å². The molecule has 0 saturated carbocycles. The summed E-state index contributed by atoms with van der Waals surface area (Å²) in [7, 11) is 0. The zero-order valence-corrected chi connectivity index (χ0v) is 8.32. The molecule has 5 nitrogen and oxygen atoms in total. The van der Waals surface area contributed by atoms with E-state index >= 15 is 0 Å². The summed E-state index contributed by atoms with van der Waals surface area (Å²) in [5, 5.41) is 6.45. The predicted octanol–water partition coefficient (Wildman–Crippen LogP) is 1.86. The number of H-pyrrole nitrogens is 1. The van der Waals surface area contributed by atoms with Crippen LogP contribution >= 0.6 is 0 Å². The zero-order chi connectivity index (χ0) is 10.4. The van der Waals surface area contributed by atoms with Crippen molar-refractivity contribution < 1.29 is 14.3 Å². The van der Waals surface area contributed by atoms with Crippen LogP contribution in [0.5, 0.6) is 0 Å². The smallest absolute Gasteiger partial charge is 0.431 e. The largest absolute Gasteiger partial charge is 0.508 e. The number of aromatic nitrogens is 2. The molecule has 0 bridgehead atoms. The monoisotopic (exact) mass is 198 g/mol. The molecule has 1 aromatic heterocycles. The van der Waals surface area contributed by atoms with Gasteiger partial charge in [-0.2, -0.15) is 5.10 Å². The van der Waals surface area contributed by atoms with Gasteiger partial charge in [-0.1, -0.05) is 6.92 Å². The Morgan fingerprint density at radius 2 is 2.50 bits per heavy atom. The number of hydrogen-bond acceptors (Lipinski definition) is 4. The highest BCUT2D eigenvalue weighted by atomic mass is 16.7. The number of carbonyl (C=O) groups is 1. The number of carbonyl (C=O) groups excluding carboxylic acids is 1. The summed E-state index contributed by atoms with van der Waals surface area (Å²) in [6.45, 7) is 3.89. The molecule has 1 unspecified atom stereocenters. The minimum absolute atomic E-state index is 0.110. The van der Waals surface area contributed by atoms with Crippen LogP contribution in [0.25, 0.3) is 0 Å². The van der Waals surface area contributed by atoms with E-state index in [0.717, 1.165) is 6.42 Å². The van der Waals surface area contributed by atoms with Gasteiger partial charge in [0.2, 0.25) is 0 Å². The molecule has 0 spiro atoms. The molecule has 1 rings (SSSR count). The van der Waals surface area contributed by atoms with Gasteiger partial charge in [-0.05, 0) is 19.4 Å². The van der Waals surface area contributed by atoms with Crippen LogP contribution in [0.4, 0.5) is 4.79 Å². The first kappa shape index (κ1) is 10.6. The van der Waals surface area contributed by atoms with Crippen LogP contribution in [0, 0.1) is 0 Å². The average molecular weight is 198 g/mol. The summed E-state index contributed by atoms with van der Waals surface area (Å²) < 4.78 is 9.71. The Balaban J connectivity index is 2.22. The summed E-state index contributed by atoms with van der Waals surface area (Å²) in [5.74, 6) is 0. The second-order valence-corrected chi connectivity index (χ2v) is 2.94. The summed E-state index contributed by atoms with van der Waals surface area (Å²) in [6.07, 6.45) is 1.68. The maximum absolute atomic E-state index is 11.0. The van der Waals surface area contributed by atoms with Gasteiger partial charge in [0.25, 0.3) is 0 Å². The lowest BCUT2D eigenvalue weighted by Gasteiger charge is -2.09. The van der Waals surface area contributed by atoms with Crippen molar-refractivity contribution in [3.63, 3.8) is 0 Å². The van der Waals surface area contributed by atoms with E-state index < -0.39 is 6.16 Å². The van der Waals surface area contributed by atoms with E-state index in [1.807, 2.05) is 13.8 Å².